The molecule has 0 aromatic heterocycles. The predicted octanol–water partition coefficient (Wildman–Crippen LogP) is -1.00. The highest BCUT2D eigenvalue weighted by molar-refractivity contribution is 6.67. The second-order valence-electron chi connectivity index (χ2n) is 1.93. The molecule has 0 unspecified atom stereocenters. The van der Waals surface area contributed by atoms with Crippen LogP contribution in [-0.4, -0.2) is 54.9 Å². The number of halogens is 3. The van der Waals surface area contributed by atoms with Crippen molar-refractivity contribution in [1.82, 2.24) is 0 Å². The fourth-order valence-electron chi connectivity index (χ4n) is 0.0577. The molecule has 0 aliphatic rings. The van der Waals surface area contributed by atoms with Gasteiger partial charge in [0.15, 0.2) is 6.29 Å². The maximum absolute atomic E-state index is 8.17. The van der Waals surface area contributed by atoms with E-state index in [9.17, 15) is 0 Å². The van der Waals surface area contributed by atoms with E-state index in [4.69, 9.17) is 60.3 Å². The van der Waals surface area contributed by atoms with Gasteiger partial charge in [-0.25, -0.2) is 0 Å². The Labute approximate surface area is 90.1 Å². The lowest BCUT2D eigenvalue weighted by Crippen LogP contribution is -2.23. The molecular weight excluding hydrogens is 246 g/mol. The first kappa shape index (κ1) is 16.1. The number of aliphatic hydroxyl groups is 5. The van der Waals surface area contributed by atoms with Crippen molar-refractivity contribution in [3.63, 3.8) is 0 Å². The van der Waals surface area contributed by atoms with Gasteiger partial charge in [-0.1, -0.05) is 34.8 Å². The number of hydrogen-bond acceptors (Lipinski definition) is 5. The van der Waals surface area contributed by atoms with Gasteiger partial charge in [0.25, 0.3) is 0 Å². The summed E-state index contributed by atoms with van der Waals surface area (Å²) < 4.78 is -1.97. The number of hydrogen-bond donors (Lipinski definition) is 5. The third kappa shape index (κ3) is 12.7. The number of aliphatic hydroxyl groups excluding tert-OH is 4. The minimum atomic E-state index is -1.97. The Kier molecular flexibility index (Phi) is 9.94. The van der Waals surface area contributed by atoms with Gasteiger partial charge in [-0.3, -0.25) is 0 Å². The van der Waals surface area contributed by atoms with Gasteiger partial charge in [-0.2, -0.15) is 0 Å². The van der Waals surface area contributed by atoms with Gasteiger partial charge in [0, 0.05) is 0 Å². The largest absolute Gasteiger partial charge is 0.394 e. The van der Waals surface area contributed by atoms with Gasteiger partial charge in [0.2, 0.25) is 3.79 Å². The summed E-state index contributed by atoms with van der Waals surface area (Å²) in [5.41, 5.74) is 0. The summed E-state index contributed by atoms with van der Waals surface area (Å²) in [6, 6.07) is 0. The minimum absolute atomic E-state index is 0.365. The SMILES string of the molecule is OC(O)C(Cl)(Cl)Cl.OCC(O)CO. The summed E-state index contributed by atoms with van der Waals surface area (Å²) in [6.45, 7) is -0.729. The molecule has 13 heavy (non-hydrogen) atoms. The van der Waals surface area contributed by atoms with E-state index < -0.39 is 16.2 Å². The van der Waals surface area contributed by atoms with Crippen molar-refractivity contribution in [3.05, 3.63) is 0 Å². The molecule has 0 spiro atoms. The maximum atomic E-state index is 8.17. The Morgan fingerprint density at radius 3 is 1.15 bits per heavy atom. The Balaban J connectivity index is 0. The molecule has 0 rings (SSSR count). The van der Waals surface area contributed by atoms with Crippen molar-refractivity contribution < 1.29 is 25.5 Å². The van der Waals surface area contributed by atoms with Crippen LogP contribution < -0.4 is 0 Å². The van der Waals surface area contributed by atoms with E-state index in [-0.39, 0.29) is 13.2 Å². The van der Waals surface area contributed by atoms with Gasteiger partial charge in [-0.05, 0) is 0 Å². The summed E-state index contributed by atoms with van der Waals surface area (Å²) in [5, 5.41) is 40.1. The Bertz CT molecular complexity index is 111. The minimum Gasteiger partial charge on any atom is -0.394 e. The molecule has 0 aromatic rings. The highest BCUT2D eigenvalue weighted by Crippen LogP contribution is 2.28. The van der Waals surface area contributed by atoms with E-state index in [1.54, 1.807) is 0 Å². The highest BCUT2D eigenvalue weighted by atomic mass is 35.6. The van der Waals surface area contributed by atoms with Gasteiger partial charge >= 0.3 is 0 Å². The van der Waals surface area contributed by atoms with E-state index in [1.165, 1.54) is 0 Å². The van der Waals surface area contributed by atoms with Crippen molar-refractivity contribution in [2.24, 2.45) is 0 Å². The van der Waals surface area contributed by atoms with Crippen LogP contribution in [0, 0.1) is 0 Å². The Morgan fingerprint density at radius 1 is 0.923 bits per heavy atom. The topological polar surface area (TPSA) is 101 Å². The smallest absolute Gasteiger partial charge is 0.240 e. The van der Waals surface area contributed by atoms with Crippen LogP contribution in [-0.2, 0) is 0 Å². The molecule has 0 aromatic carbocycles. The zero-order valence-corrected chi connectivity index (χ0v) is 8.71. The quantitative estimate of drug-likeness (QED) is 0.323. The molecule has 5 nitrogen and oxygen atoms in total. The van der Waals surface area contributed by atoms with Crippen LogP contribution in [0.2, 0.25) is 0 Å². The normalized spacial score (nSPS) is 11.5. The van der Waals surface area contributed by atoms with Crippen molar-refractivity contribution in [2.75, 3.05) is 13.2 Å². The highest BCUT2D eigenvalue weighted by Gasteiger charge is 2.28. The lowest BCUT2D eigenvalue weighted by atomic mass is 10.4. The molecule has 0 atom stereocenters. The molecule has 0 fully saturated rings. The van der Waals surface area contributed by atoms with E-state index >= 15 is 0 Å². The average Bonchev–Trinajstić information content (AvgIpc) is 2.02. The fraction of sp³-hybridized carbons (Fsp3) is 1.00. The van der Waals surface area contributed by atoms with Crippen LogP contribution in [0.1, 0.15) is 0 Å². The van der Waals surface area contributed by atoms with Gasteiger partial charge in [0.1, 0.15) is 6.10 Å². The van der Waals surface area contributed by atoms with E-state index in [1.807, 2.05) is 0 Å². The summed E-state index contributed by atoms with van der Waals surface area (Å²) >= 11 is 14.7. The Morgan fingerprint density at radius 2 is 1.15 bits per heavy atom. The molecule has 5 N–H and O–H groups in total. The van der Waals surface area contributed by atoms with Gasteiger partial charge in [0.05, 0.1) is 13.2 Å². The molecule has 0 aliphatic carbocycles. The molecule has 0 radical (unpaired) electrons. The zero-order chi connectivity index (χ0) is 11.1. The first-order chi connectivity index (χ1) is 5.75. The van der Waals surface area contributed by atoms with Crippen molar-refractivity contribution >= 4 is 34.8 Å². The molecule has 0 heterocycles. The summed E-state index contributed by atoms with van der Waals surface area (Å²) in [6.07, 6.45) is -2.86. The van der Waals surface area contributed by atoms with E-state index in [0.717, 1.165) is 0 Å². The van der Waals surface area contributed by atoms with Crippen LogP contribution in [0.25, 0.3) is 0 Å². The van der Waals surface area contributed by atoms with Crippen LogP contribution in [0.5, 0.6) is 0 Å². The van der Waals surface area contributed by atoms with E-state index in [2.05, 4.69) is 0 Å². The van der Waals surface area contributed by atoms with Crippen molar-refractivity contribution in [2.45, 2.75) is 16.2 Å². The standard InChI is InChI=1S/C3H8O3.C2H3Cl3O2/c4-1-3(6)2-5;3-2(4,5)1(6)7/h3-6H,1-2H2;1,6-7H. The molecule has 0 aliphatic heterocycles. The summed E-state index contributed by atoms with van der Waals surface area (Å²) in [7, 11) is 0. The van der Waals surface area contributed by atoms with Crippen LogP contribution in [0.15, 0.2) is 0 Å². The average molecular weight is 257 g/mol. The molecule has 0 saturated carbocycles. The molecular formula is C5H11Cl3O5. The summed E-state index contributed by atoms with van der Waals surface area (Å²) in [4.78, 5) is 0. The second kappa shape index (κ2) is 8.02. The lowest BCUT2D eigenvalue weighted by molar-refractivity contribution is -0.0355. The maximum Gasteiger partial charge on any atom is 0.240 e. The molecule has 8 heteroatoms. The summed E-state index contributed by atoms with van der Waals surface area (Å²) in [5.74, 6) is 0. The molecule has 82 valence electrons. The molecule has 0 saturated heterocycles. The first-order valence-electron chi connectivity index (χ1n) is 3.08. The number of rotatable bonds is 2. The predicted molar refractivity (Wildman–Crippen MR) is 48.7 cm³/mol. The zero-order valence-electron chi connectivity index (χ0n) is 6.44. The fourth-order valence-corrected chi connectivity index (χ4v) is 0.0577. The van der Waals surface area contributed by atoms with Crippen LogP contribution in [0.3, 0.4) is 0 Å². The van der Waals surface area contributed by atoms with Crippen molar-refractivity contribution in [1.29, 1.82) is 0 Å². The van der Waals surface area contributed by atoms with Gasteiger partial charge < -0.3 is 25.5 Å². The third-order valence-corrected chi connectivity index (χ3v) is 1.30. The molecule has 0 bridgehead atoms. The lowest BCUT2D eigenvalue weighted by Gasteiger charge is -2.10. The number of alkyl halides is 3. The Hall–Kier alpha value is 0.670. The third-order valence-electron chi connectivity index (χ3n) is 0.714. The van der Waals surface area contributed by atoms with Crippen LogP contribution >= 0.6 is 34.8 Å². The first-order valence-corrected chi connectivity index (χ1v) is 4.21. The second-order valence-corrected chi connectivity index (χ2v) is 4.30. The van der Waals surface area contributed by atoms with Crippen LogP contribution in [0.4, 0.5) is 0 Å². The molecule has 0 amide bonds. The van der Waals surface area contributed by atoms with Gasteiger partial charge in [-0.15, -0.1) is 0 Å². The monoisotopic (exact) mass is 256 g/mol. The van der Waals surface area contributed by atoms with Crippen molar-refractivity contribution in [3.8, 4) is 0 Å². The van der Waals surface area contributed by atoms with E-state index in [0.29, 0.717) is 0 Å².